The molecule has 0 saturated heterocycles. The van der Waals surface area contributed by atoms with Crippen LogP contribution in [0.25, 0.3) is 0 Å². The van der Waals surface area contributed by atoms with Gasteiger partial charge in [-0.05, 0) is 26.7 Å². The summed E-state index contributed by atoms with van der Waals surface area (Å²) in [6, 6.07) is 0. The average molecular weight is 323 g/mol. The summed E-state index contributed by atoms with van der Waals surface area (Å²) < 4.78 is 5.05. The molecular formula is C18H29NO4. The molecule has 1 N–H and O–H groups in total. The van der Waals surface area contributed by atoms with Gasteiger partial charge in [-0.15, -0.1) is 0 Å². The van der Waals surface area contributed by atoms with E-state index in [1.54, 1.807) is 6.92 Å². The molecule has 5 heteroatoms. The third-order valence-corrected chi connectivity index (χ3v) is 3.71. The lowest BCUT2D eigenvalue weighted by molar-refractivity contribution is -0.137. The fourth-order valence-electron chi connectivity index (χ4n) is 2.50. The zero-order valence-electron chi connectivity index (χ0n) is 14.6. The average Bonchev–Trinajstić information content (AvgIpc) is 2.50. The van der Waals surface area contributed by atoms with Crippen molar-refractivity contribution in [2.45, 2.75) is 72.1 Å². The predicted molar refractivity (Wildman–Crippen MR) is 89.3 cm³/mol. The molecule has 0 fully saturated rings. The van der Waals surface area contributed by atoms with Gasteiger partial charge >= 0.3 is 5.97 Å². The minimum absolute atomic E-state index is 0.0648. The number of hydroxylamine groups is 1. The maximum absolute atomic E-state index is 12.1. The summed E-state index contributed by atoms with van der Waals surface area (Å²) in [4.78, 5) is 29.3. The molecule has 1 aliphatic rings. The lowest BCUT2D eigenvalue weighted by atomic mass is 10.0. The second-order valence-electron chi connectivity index (χ2n) is 5.77. The standard InChI is InChI=1S/C18H29NO4/c1-4-6-7-8-9-10-11-12-15(19-22-5-2)17-16(20)13-14(3)23-18(17)21/h13,19H,4-12H2,1-3H3. The molecule has 0 radical (unpaired) electrons. The molecule has 0 aromatic rings. The van der Waals surface area contributed by atoms with Crippen molar-refractivity contribution in [3.05, 3.63) is 23.1 Å². The number of ketones is 1. The molecule has 130 valence electrons. The van der Waals surface area contributed by atoms with Gasteiger partial charge in [-0.1, -0.05) is 45.4 Å². The van der Waals surface area contributed by atoms with Crippen molar-refractivity contribution < 1.29 is 19.2 Å². The van der Waals surface area contributed by atoms with Crippen LogP contribution in [-0.2, 0) is 19.2 Å². The van der Waals surface area contributed by atoms with Crippen molar-refractivity contribution in [3.8, 4) is 0 Å². The minimum Gasteiger partial charge on any atom is -0.427 e. The van der Waals surface area contributed by atoms with Gasteiger partial charge in [-0.3, -0.25) is 15.1 Å². The van der Waals surface area contributed by atoms with Crippen LogP contribution in [0.2, 0.25) is 0 Å². The van der Waals surface area contributed by atoms with Gasteiger partial charge in [0, 0.05) is 6.08 Å². The Morgan fingerprint density at radius 3 is 2.35 bits per heavy atom. The smallest absolute Gasteiger partial charge is 0.349 e. The molecule has 0 spiro atoms. The Balaban J connectivity index is 2.60. The summed E-state index contributed by atoms with van der Waals surface area (Å²) in [6.45, 7) is 6.09. The zero-order valence-corrected chi connectivity index (χ0v) is 14.6. The van der Waals surface area contributed by atoms with Gasteiger partial charge in [0.25, 0.3) is 0 Å². The molecule has 5 nitrogen and oxygen atoms in total. The molecular weight excluding hydrogens is 294 g/mol. The SMILES string of the molecule is CCCCCCCCCC(NOCC)=C1C(=O)C=C(C)OC1=O. The van der Waals surface area contributed by atoms with Gasteiger partial charge < -0.3 is 4.74 Å². The lowest BCUT2D eigenvalue weighted by Crippen LogP contribution is -2.27. The number of carbonyl (C=O) groups excluding carboxylic acids is 2. The first kappa shape index (κ1) is 19.4. The first-order valence-electron chi connectivity index (χ1n) is 8.65. The fourth-order valence-corrected chi connectivity index (χ4v) is 2.50. The highest BCUT2D eigenvalue weighted by Crippen LogP contribution is 2.20. The molecule has 0 aliphatic carbocycles. The third-order valence-electron chi connectivity index (χ3n) is 3.71. The number of allylic oxidation sites excluding steroid dienone is 3. The number of cyclic esters (lactones) is 1. The van der Waals surface area contributed by atoms with Crippen molar-refractivity contribution in [2.75, 3.05) is 6.61 Å². The first-order valence-corrected chi connectivity index (χ1v) is 8.65. The molecule has 1 heterocycles. The van der Waals surface area contributed by atoms with Gasteiger partial charge in [0.05, 0.1) is 12.3 Å². The van der Waals surface area contributed by atoms with Gasteiger partial charge in [0.1, 0.15) is 11.3 Å². The van der Waals surface area contributed by atoms with Crippen molar-refractivity contribution in [1.29, 1.82) is 0 Å². The zero-order chi connectivity index (χ0) is 17.1. The number of hydrogen-bond donors (Lipinski definition) is 1. The molecule has 0 saturated carbocycles. The summed E-state index contributed by atoms with van der Waals surface area (Å²) >= 11 is 0. The Kier molecular flexibility index (Phi) is 9.29. The van der Waals surface area contributed by atoms with Crippen LogP contribution in [0, 0.1) is 0 Å². The number of carbonyl (C=O) groups is 2. The number of hydrogen-bond acceptors (Lipinski definition) is 5. The third kappa shape index (κ3) is 6.99. The maximum atomic E-state index is 12.1. The summed E-state index contributed by atoms with van der Waals surface area (Å²) in [6.07, 6.45) is 10.2. The number of unbranched alkanes of at least 4 members (excludes halogenated alkanes) is 6. The molecule has 0 atom stereocenters. The summed E-state index contributed by atoms with van der Waals surface area (Å²) in [7, 11) is 0. The van der Waals surface area contributed by atoms with E-state index in [1.807, 2.05) is 6.92 Å². The Morgan fingerprint density at radius 1 is 1.09 bits per heavy atom. The van der Waals surface area contributed by atoms with E-state index >= 15 is 0 Å². The van der Waals surface area contributed by atoms with Crippen LogP contribution in [-0.4, -0.2) is 18.4 Å². The number of esters is 1. The van der Waals surface area contributed by atoms with Crippen molar-refractivity contribution in [1.82, 2.24) is 5.48 Å². The Labute approximate surface area is 139 Å². The molecule has 23 heavy (non-hydrogen) atoms. The molecule has 0 unspecified atom stereocenters. The highest BCUT2D eigenvalue weighted by Gasteiger charge is 2.28. The van der Waals surface area contributed by atoms with Crippen LogP contribution in [0.5, 0.6) is 0 Å². The fraction of sp³-hybridized carbons (Fsp3) is 0.667. The predicted octanol–water partition coefficient (Wildman–Crippen LogP) is 3.95. The highest BCUT2D eigenvalue weighted by atomic mass is 16.6. The topological polar surface area (TPSA) is 64.6 Å². The van der Waals surface area contributed by atoms with E-state index in [9.17, 15) is 9.59 Å². The van der Waals surface area contributed by atoms with E-state index in [4.69, 9.17) is 9.57 Å². The van der Waals surface area contributed by atoms with E-state index in [1.165, 1.54) is 38.2 Å². The van der Waals surface area contributed by atoms with Gasteiger partial charge in [-0.25, -0.2) is 4.79 Å². The first-order chi connectivity index (χ1) is 11.1. The summed E-state index contributed by atoms with van der Waals surface area (Å²) in [5.74, 6) is -0.584. The van der Waals surface area contributed by atoms with Crippen LogP contribution < -0.4 is 5.48 Å². The van der Waals surface area contributed by atoms with Crippen LogP contribution >= 0.6 is 0 Å². The molecule has 1 rings (SSSR count). The lowest BCUT2D eigenvalue weighted by Gasteiger charge is -2.17. The second kappa shape index (κ2) is 11.0. The van der Waals surface area contributed by atoms with E-state index in [-0.39, 0.29) is 11.4 Å². The number of ether oxygens (including phenoxy) is 1. The minimum atomic E-state index is -0.597. The molecule has 0 amide bonds. The van der Waals surface area contributed by atoms with Gasteiger partial charge in [0.2, 0.25) is 0 Å². The molecule has 0 bridgehead atoms. The van der Waals surface area contributed by atoms with E-state index in [2.05, 4.69) is 12.4 Å². The molecule has 0 aromatic carbocycles. The second-order valence-corrected chi connectivity index (χ2v) is 5.77. The molecule has 0 aromatic heterocycles. The van der Waals surface area contributed by atoms with Crippen LogP contribution in [0.3, 0.4) is 0 Å². The highest BCUT2D eigenvalue weighted by molar-refractivity contribution is 6.24. The number of rotatable bonds is 11. The normalized spacial score (nSPS) is 16.9. The molecule has 1 aliphatic heterocycles. The van der Waals surface area contributed by atoms with E-state index < -0.39 is 5.97 Å². The Morgan fingerprint density at radius 2 is 1.74 bits per heavy atom. The number of nitrogens with one attached hydrogen (secondary N) is 1. The Bertz CT molecular complexity index is 466. The van der Waals surface area contributed by atoms with E-state index in [0.717, 1.165) is 12.8 Å². The summed E-state index contributed by atoms with van der Waals surface area (Å²) in [5, 5.41) is 0. The van der Waals surface area contributed by atoms with Crippen LogP contribution in [0.4, 0.5) is 0 Å². The van der Waals surface area contributed by atoms with Crippen molar-refractivity contribution in [3.63, 3.8) is 0 Å². The van der Waals surface area contributed by atoms with E-state index in [0.29, 0.717) is 24.5 Å². The van der Waals surface area contributed by atoms with Crippen LogP contribution in [0.1, 0.15) is 72.1 Å². The maximum Gasteiger partial charge on any atom is 0.349 e. The monoisotopic (exact) mass is 323 g/mol. The summed E-state index contributed by atoms with van der Waals surface area (Å²) in [5.41, 5.74) is 3.35. The quantitative estimate of drug-likeness (QED) is 0.205. The van der Waals surface area contributed by atoms with Gasteiger partial charge in [-0.2, -0.15) is 0 Å². The van der Waals surface area contributed by atoms with Gasteiger partial charge in [0.15, 0.2) is 5.78 Å². The largest absolute Gasteiger partial charge is 0.427 e. The van der Waals surface area contributed by atoms with Crippen LogP contribution in [0.15, 0.2) is 23.1 Å². The van der Waals surface area contributed by atoms with Crippen molar-refractivity contribution in [2.24, 2.45) is 0 Å². The Hall–Kier alpha value is -1.62. The van der Waals surface area contributed by atoms with Crippen molar-refractivity contribution >= 4 is 11.8 Å².